The second-order valence-corrected chi connectivity index (χ2v) is 6.83. The molecule has 12 heteroatoms. The molecule has 0 unspecified atom stereocenters. The predicted octanol–water partition coefficient (Wildman–Crippen LogP) is 3.63. The summed E-state index contributed by atoms with van der Waals surface area (Å²) in [6, 6.07) is 5.78. The molecule has 0 aliphatic heterocycles. The molecular formula is C16H20F5N5OS. The van der Waals surface area contributed by atoms with Crippen LogP contribution in [0.4, 0.5) is 22.0 Å². The van der Waals surface area contributed by atoms with Crippen molar-refractivity contribution in [3.63, 3.8) is 0 Å². The van der Waals surface area contributed by atoms with Crippen molar-refractivity contribution in [2.75, 3.05) is 31.2 Å². The second kappa shape index (κ2) is 9.92. The maximum absolute atomic E-state index is 12.4. The normalized spacial score (nSPS) is 12.1. The third-order valence-corrected chi connectivity index (χ3v) is 4.73. The fourth-order valence-electron chi connectivity index (χ4n) is 2.41. The van der Waals surface area contributed by atoms with Crippen LogP contribution < -0.4 is 10.6 Å². The van der Waals surface area contributed by atoms with Crippen LogP contribution in [0.2, 0.25) is 0 Å². The van der Waals surface area contributed by atoms with Crippen LogP contribution in [-0.2, 0) is 0 Å². The Balaban J connectivity index is 1.89. The van der Waals surface area contributed by atoms with E-state index in [1.807, 2.05) is 0 Å². The Kier molecular flexibility index (Phi) is 7.87. The largest absolute Gasteiger partial charge is 0.435 e. The molecule has 2 rings (SSSR count). The lowest BCUT2D eigenvalue weighted by Crippen LogP contribution is -2.35. The predicted molar refractivity (Wildman–Crippen MR) is 95.8 cm³/mol. The van der Waals surface area contributed by atoms with E-state index in [2.05, 4.69) is 14.9 Å². The molecule has 28 heavy (non-hydrogen) atoms. The molecule has 0 fully saturated rings. The van der Waals surface area contributed by atoms with E-state index in [1.165, 1.54) is 45.6 Å². The zero-order valence-corrected chi connectivity index (χ0v) is 15.8. The van der Waals surface area contributed by atoms with Crippen LogP contribution in [0.25, 0.3) is 11.4 Å². The van der Waals surface area contributed by atoms with Gasteiger partial charge in [0.1, 0.15) is 5.75 Å². The summed E-state index contributed by atoms with van der Waals surface area (Å²) in [7, 11) is 0. The molecule has 0 spiro atoms. The standard InChI is InChI=1S/C16H20F5N5OS/c1-2-25(10-16(19,20)21)8-3-9-28-15-24-23-13(26(15)22)11-4-6-12(7-5-11)27-14(17)18/h4-7,14H,2-3,8-10,22H2,1H3. The molecular weight excluding hydrogens is 405 g/mol. The van der Waals surface area contributed by atoms with Gasteiger partial charge in [0.25, 0.3) is 0 Å². The summed E-state index contributed by atoms with van der Waals surface area (Å²) in [5, 5.41) is 8.34. The first kappa shape index (κ1) is 22.2. The quantitative estimate of drug-likeness (QED) is 0.271. The summed E-state index contributed by atoms with van der Waals surface area (Å²) in [6.45, 7) is -1.55. The Morgan fingerprint density at radius 1 is 1.21 bits per heavy atom. The molecule has 0 saturated carbocycles. The van der Waals surface area contributed by atoms with Gasteiger partial charge in [0.2, 0.25) is 5.16 Å². The number of nitrogen functional groups attached to an aromatic ring is 1. The van der Waals surface area contributed by atoms with Crippen LogP contribution in [0.3, 0.4) is 0 Å². The van der Waals surface area contributed by atoms with E-state index in [1.54, 1.807) is 6.92 Å². The lowest BCUT2D eigenvalue weighted by Gasteiger charge is -2.21. The maximum atomic E-state index is 12.4. The van der Waals surface area contributed by atoms with E-state index in [4.69, 9.17) is 5.84 Å². The van der Waals surface area contributed by atoms with E-state index < -0.39 is 19.3 Å². The Bertz CT molecular complexity index is 738. The molecule has 0 aliphatic rings. The van der Waals surface area contributed by atoms with Gasteiger partial charge >= 0.3 is 12.8 Å². The van der Waals surface area contributed by atoms with Gasteiger partial charge in [0.15, 0.2) is 5.82 Å². The number of hydrogen-bond acceptors (Lipinski definition) is 6. The minimum Gasteiger partial charge on any atom is -0.435 e. The summed E-state index contributed by atoms with van der Waals surface area (Å²) >= 11 is 1.28. The van der Waals surface area contributed by atoms with Crippen LogP contribution in [-0.4, -0.2) is 57.9 Å². The van der Waals surface area contributed by atoms with Gasteiger partial charge in [0.05, 0.1) is 6.54 Å². The van der Waals surface area contributed by atoms with Crippen molar-refractivity contribution >= 4 is 11.8 Å². The van der Waals surface area contributed by atoms with Gasteiger partial charge in [-0.05, 0) is 43.8 Å². The fraction of sp³-hybridized carbons (Fsp3) is 0.500. The highest BCUT2D eigenvalue weighted by molar-refractivity contribution is 7.99. The van der Waals surface area contributed by atoms with Crippen molar-refractivity contribution in [3.8, 4) is 17.1 Å². The van der Waals surface area contributed by atoms with Crippen LogP contribution >= 0.6 is 11.8 Å². The van der Waals surface area contributed by atoms with Crippen molar-refractivity contribution < 1.29 is 26.7 Å². The van der Waals surface area contributed by atoms with Crippen molar-refractivity contribution in [2.24, 2.45) is 0 Å². The van der Waals surface area contributed by atoms with Gasteiger partial charge < -0.3 is 10.6 Å². The molecule has 156 valence electrons. The average molecular weight is 425 g/mol. The minimum atomic E-state index is -4.22. The number of halogens is 5. The summed E-state index contributed by atoms with van der Waals surface area (Å²) in [5.74, 6) is 6.83. The van der Waals surface area contributed by atoms with Crippen LogP contribution in [0.1, 0.15) is 13.3 Å². The molecule has 0 atom stereocenters. The molecule has 1 aromatic heterocycles. The zero-order valence-electron chi connectivity index (χ0n) is 15.0. The van der Waals surface area contributed by atoms with E-state index >= 15 is 0 Å². The molecule has 0 saturated heterocycles. The van der Waals surface area contributed by atoms with E-state index in [9.17, 15) is 22.0 Å². The Labute approximate surface area is 162 Å². The third-order valence-electron chi connectivity index (χ3n) is 3.70. The second-order valence-electron chi connectivity index (χ2n) is 5.77. The Morgan fingerprint density at radius 2 is 1.89 bits per heavy atom. The van der Waals surface area contributed by atoms with E-state index in [0.717, 1.165) is 0 Å². The lowest BCUT2D eigenvalue weighted by atomic mass is 10.2. The highest BCUT2D eigenvalue weighted by atomic mass is 32.2. The molecule has 2 N–H and O–H groups in total. The number of nitrogens with zero attached hydrogens (tertiary/aromatic N) is 4. The van der Waals surface area contributed by atoms with Gasteiger partial charge in [-0.15, -0.1) is 10.2 Å². The molecule has 2 aromatic rings. The van der Waals surface area contributed by atoms with Gasteiger partial charge in [-0.1, -0.05) is 18.7 Å². The van der Waals surface area contributed by atoms with Gasteiger partial charge in [-0.2, -0.15) is 22.0 Å². The van der Waals surface area contributed by atoms with Gasteiger partial charge in [-0.3, -0.25) is 4.90 Å². The SMILES string of the molecule is CCN(CCCSc1nnc(-c2ccc(OC(F)F)cc2)n1N)CC(F)(F)F. The summed E-state index contributed by atoms with van der Waals surface area (Å²) in [5.41, 5.74) is 0.561. The van der Waals surface area contributed by atoms with E-state index in [-0.39, 0.29) is 5.75 Å². The summed E-state index contributed by atoms with van der Waals surface area (Å²) in [6.07, 6.45) is -3.69. The van der Waals surface area contributed by atoms with Gasteiger partial charge in [0, 0.05) is 11.3 Å². The van der Waals surface area contributed by atoms with Crippen LogP contribution in [0.15, 0.2) is 29.4 Å². The van der Waals surface area contributed by atoms with Crippen molar-refractivity contribution in [1.82, 2.24) is 19.8 Å². The first-order valence-corrected chi connectivity index (χ1v) is 9.35. The van der Waals surface area contributed by atoms with E-state index in [0.29, 0.717) is 41.8 Å². The zero-order chi connectivity index (χ0) is 20.7. The highest BCUT2D eigenvalue weighted by Crippen LogP contribution is 2.25. The number of alkyl halides is 5. The monoisotopic (exact) mass is 425 g/mol. The van der Waals surface area contributed by atoms with Crippen LogP contribution in [0.5, 0.6) is 5.75 Å². The Hall–Kier alpha value is -2.08. The number of thioether (sulfide) groups is 1. The first-order valence-electron chi connectivity index (χ1n) is 8.37. The number of benzene rings is 1. The maximum Gasteiger partial charge on any atom is 0.401 e. The number of aromatic nitrogens is 3. The first-order chi connectivity index (χ1) is 13.2. The summed E-state index contributed by atoms with van der Waals surface area (Å²) < 4.78 is 67.2. The van der Waals surface area contributed by atoms with Crippen LogP contribution in [0, 0.1) is 0 Å². The fourth-order valence-corrected chi connectivity index (χ4v) is 3.19. The molecule has 0 aliphatic carbocycles. The van der Waals surface area contributed by atoms with Crippen molar-refractivity contribution in [3.05, 3.63) is 24.3 Å². The number of nitrogens with two attached hydrogens (primary N) is 1. The smallest absolute Gasteiger partial charge is 0.401 e. The molecule has 6 nitrogen and oxygen atoms in total. The minimum absolute atomic E-state index is 0.00997. The number of ether oxygens (including phenoxy) is 1. The average Bonchev–Trinajstić information content (AvgIpc) is 2.97. The molecule has 1 heterocycles. The Morgan fingerprint density at radius 3 is 2.46 bits per heavy atom. The molecule has 1 aromatic carbocycles. The topological polar surface area (TPSA) is 69.2 Å². The van der Waals surface area contributed by atoms with Gasteiger partial charge in [-0.25, -0.2) is 4.68 Å². The number of rotatable bonds is 10. The third kappa shape index (κ3) is 6.82. The summed E-state index contributed by atoms with van der Waals surface area (Å²) in [4.78, 5) is 1.32. The number of hydrogen-bond donors (Lipinski definition) is 1. The highest BCUT2D eigenvalue weighted by Gasteiger charge is 2.29. The lowest BCUT2D eigenvalue weighted by molar-refractivity contribution is -0.145. The molecule has 0 amide bonds. The molecule has 0 bridgehead atoms. The van der Waals surface area contributed by atoms with Crippen molar-refractivity contribution in [1.29, 1.82) is 0 Å². The molecule has 0 radical (unpaired) electrons. The van der Waals surface area contributed by atoms with Crippen molar-refractivity contribution in [2.45, 2.75) is 31.3 Å².